The van der Waals surface area contributed by atoms with Gasteiger partial charge in [0.15, 0.2) is 33.3 Å². The summed E-state index contributed by atoms with van der Waals surface area (Å²) in [5.41, 5.74) is 7.14. The Kier molecular flexibility index (Phi) is 18.3. The SMILES string of the molecule is C[Si](C)(C)O[Si](C)(CCCCCCc1cc(-c2ccc(-c3cc(CCCCCC[Si](C)(O[Si](C)(C)C)O[Si](C)(C)C)c(Br)s3)c3nsnc23)sc1Br)O[Si](C)(C)C. The van der Waals surface area contributed by atoms with E-state index in [-0.39, 0.29) is 0 Å². The van der Waals surface area contributed by atoms with Crippen LogP contribution >= 0.6 is 66.3 Å². The lowest BCUT2D eigenvalue weighted by atomic mass is 10.0. The number of fused-ring (bicyclic) bond motifs is 1. The average Bonchev–Trinajstić information content (AvgIpc) is 3.75. The first-order valence-electron chi connectivity index (χ1n) is 20.9. The molecule has 4 aromatic rings. The van der Waals surface area contributed by atoms with Crippen molar-refractivity contribution in [2.24, 2.45) is 0 Å². The lowest BCUT2D eigenvalue weighted by Gasteiger charge is -2.38. The fraction of sp³-hybridized carbons (Fsp3) is 0.650. The summed E-state index contributed by atoms with van der Waals surface area (Å²) < 4.78 is 39.0. The molecule has 0 saturated heterocycles. The molecule has 1 aromatic carbocycles. The first-order valence-corrected chi connectivity index (χ1v) is 43.5. The molecule has 0 saturated carbocycles. The van der Waals surface area contributed by atoms with E-state index in [1.54, 1.807) is 0 Å². The molecule has 0 aliphatic rings. The lowest BCUT2D eigenvalue weighted by molar-refractivity contribution is 0.378. The third-order valence-electron chi connectivity index (χ3n) is 9.20. The second kappa shape index (κ2) is 20.8. The summed E-state index contributed by atoms with van der Waals surface area (Å²) in [5, 5.41) is 0. The van der Waals surface area contributed by atoms with Crippen LogP contribution in [0.4, 0.5) is 0 Å². The minimum Gasteiger partial charge on any atom is -0.437 e. The molecular formula is C40H70Br2N2O4S3Si6. The van der Waals surface area contributed by atoms with Crippen molar-refractivity contribution < 1.29 is 16.5 Å². The lowest BCUT2D eigenvalue weighted by Crippen LogP contribution is -2.52. The Bertz CT molecular complexity index is 1730. The first-order chi connectivity index (χ1) is 26.2. The highest BCUT2D eigenvalue weighted by atomic mass is 79.9. The Hall–Kier alpha value is 0.541. The van der Waals surface area contributed by atoms with Gasteiger partial charge in [-0.3, -0.25) is 0 Å². The Morgan fingerprint density at radius 3 is 1.11 bits per heavy atom. The quantitative estimate of drug-likeness (QED) is 0.0515. The zero-order valence-corrected chi connectivity index (χ0v) is 48.9. The van der Waals surface area contributed by atoms with Crippen molar-refractivity contribution >= 4 is 128 Å². The minimum atomic E-state index is -2.16. The summed E-state index contributed by atoms with van der Waals surface area (Å²) >= 11 is 12.8. The second-order valence-electron chi connectivity index (χ2n) is 19.9. The van der Waals surface area contributed by atoms with Gasteiger partial charge in [-0.15, -0.1) is 22.7 Å². The number of nitrogens with zero attached hydrogens (tertiary/aromatic N) is 2. The van der Waals surface area contributed by atoms with Crippen molar-refractivity contribution in [3.05, 3.63) is 43.0 Å². The molecule has 4 rings (SSSR count). The third-order valence-corrected chi connectivity index (χ3v) is 33.0. The molecule has 0 fully saturated rings. The molecule has 0 bridgehead atoms. The molecule has 0 spiro atoms. The van der Waals surface area contributed by atoms with E-state index in [0.717, 1.165) is 36.0 Å². The summed E-state index contributed by atoms with van der Waals surface area (Å²) in [7, 11) is -10.9. The largest absolute Gasteiger partial charge is 0.437 e. The Morgan fingerprint density at radius 2 is 0.789 bits per heavy atom. The molecule has 320 valence electrons. The van der Waals surface area contributed by atoms with Gasteiger partial charge in [-0.25, -0.2) is 0 Å². The van der Waals surface area contributed by atoms with E-state index < -0.39 is 50.4 Å². The van der Waals surface area contributed by atoms with Crippen molar-refractivity contribution in [3.8, 4) is 20.9 Å². The van der Waals surface area contributed by atoms with Crippen LogP contribution < -0.4 is 0 Å². The van der Waals surface area contributed by atoms with E-state index in [0.29, 0.717) is 0 Å². The zero-order valence-electron chi connectivity index (χ0n) is 37.3. The molecule has 3 aromatic heterocycles. The van der Waals surface area contributed by atoms with Gasteiger partial charge in [0.05, 0.1) is 19.3 Å². The topological polar surface area (TPSA) is 62.7 Å². The number of aromatic nitrogens is 2. The molecule has 57 heavy (non-hydrogen) atoms. The standard InChI is InChI=1S/C40H70Br2N2O4S3Si6/c1-52(2,3)45-56(13,46-53(4,5)6)27-21-17-15-19-23-31-29-35(49-39(31)41)33-25-26-34(38-37(33)43-51-44-38)36-30-32(40(42)50-36)24-20-16-18-22-28-57(14,47-54(7,8)9)48-55(10,11)12/h25-26,29-30H,15-24,27-28H2,1-14H3. The number of halogens is 2. The molecular weight excluding hydrogens is 997 g/mol. The predicted molar refractivity (Wildman–Crippen MR) is 274 cm³/mol. The van der Waals surface area contributed by atoms with Crippen LogP contribution in [0.25, 0.3) is 31.9 Å². The summed E-state index contributed by atoms with van der Waals surface area (Å²) in [4.78, 5) is 2.51. The van der Waals surface area contributed by atoms with Gasteiger partial charge >= 0.3 is 17.1 Å². The van der Waals surface area contributed by atoms with Gasteiger partial charge in [-0.2, -0.15) is 8.75 Å². The molecule has 0 atom stereocenters. The fourth-order valence-electron chi connectivity index (χ4n) is 7.75. The van der Waals surface area contributed by atoms with Gasteiger partial charge in [-0.05, 0) is 185 Å². The van der Waals surface area contributed by atoms with Crippen LogP contribution in [0.1, 0.15) is 62.5 Å². The van der Waals surface area contributed by atoms with Crippen LogP contribution in [-0.2, 0) is 29.3 Å². The van der Waals surface area contributed by atoms with Crippen molar-refractivity contribution in [1.29, 1.82) is 0 Å². The highest BCUT2D eigenvalue weighted by molar-refractivity contribution is 9.11. The maximum Gasteiger partial charge on any atom is 0.314 e. The van der Waals surface area contributed by atoms with Gasteiger partial charge < -0.3 is 16.5 Å². The summed E-state index contributed by atoms with van der Waals surface area (Å²) in [6, 6.07) is 11.5. The number of benzene rings is 1. The van der Waals surface area contributed by atoms with Crippen LogP contribution in [0.15, 0.2) is 31.8 Å². The van der Waals surface area contributed by atoms with Crippen molar-refractivity contribution in [3.63, 3.8) is 0 Å². The third kappa shape index (κ3) is 17.0. The van der Waals surface area contributed by atoms with Gasteiger partial charge in [-0.1, -0.05) is 50.7 Å². The predicted octanol–water partition coefficient (Wildman–Crippen LogP) is 16.4. The second-order valence-corrected chi connectivity index (χ2v) is 50.9. The van der Waals surface area contributed by atoms with Crippen LogP contribution in [0.2, 0.25) is 104 Å². The Labute approximate surface area is 381 Å². The van der Waals surface area contributed by atoms with Gasteiger partial charge in [0.2, 0.25) is 0 Å². The molecule has 6 nitrogen and oxygen atoms in total. The van der Waals surface area contributed by atoms with Gasteiger partial charge in [0.1, 0.15) is 11.0 Å². The monoisotopic (exact) mass is 1060 g/mol. The molecule has 0 unspecified atom stereocenters. The normalized spacial score (nSPS) is 13.7. The van der Waals surface area contributed by atoms with Crippen LogP contribution in [0.3, 0.4) is 0 Å². The van der Waals surface area contributed by atoms with E-state index in [9.17, 15) is 0 Å². The first kappa shape index (κ1) is 50.2. The maximum absolute atomic E-state index is 6.72. The minimum absolute atomic E-state index is 1.00. The van der Waals surface area contributed by atoms with Crippen LogP contribution in [-0.4, -0.2) is 59.1 Å². The van der Waals surface area contributed by atoms with Gasteiger partial charge in [0, 0.05) is 20.9 Å². The maximum atomic E-state index is 6.72. The van der Waals surface area contributed by atoms with Crippen molar-refractivity contribution in [1.82, 2.24) is 8.75 Å². The summed E-state index contributed by atoms with van der Waals surface area (Å²) in [6.45, 7) is 32.1. The fourth-order valence-corrected chi connectivity index (χ4v) is 37.1. The van der Waals surface area contributed by atoms with E-state index in [1.807, 2.05) is 22.7 Å². The Balaban J connectivity index is 1.32. The Morgan fingerprint density at radius 1 is 0.474 bits per heavy atom. The number of rotatable bonds is 24. The highest BCUT2D eigenvalue weighted by Gasteiger charge is 2.41. The van der Waals surface area contributed by atoms with Crippen molar-refractivity contribution in [2.45, 2.75) is 168 Å². The highest BCUT2D eigenvalue weighted by Crippen LogP contribution is 2.44. The van der Waals surface area contributed by atoms with Crippen LogP contribution in [0, 0.1) is 0 Å². The molecule has 0 aliphatic carbocycles. The number of hydrogen-bond acceptors (Lipinski definition) is 9. The smallest absolute Gasteiger partial charge is 0.314 e. The van der Waals surface area contributed by atoms with E-state index in [2.05, 4.69) is 148 Å². The number of thiophene rings is 2. The zero-order chi connectivity index (χ0) is 42.5. The van der Waals surface area contributed by atoms with E-state index in [4.69, 9.17) is 25.2 Å². The molecule has 0 aliphatic heterocycles. The average molecular weight is 1070 g/mol. The molecule has 3 heterocycles. The number of unbranched alkanes of at least 4 members (excludes halogenated alkanes) is 6. The molecule has 0 radical (unpaired) electrons. The van der Waals surface area contributed by atoms with Gasteiger partial charge in [0.25, 0.3) is 0 Å². The summed E-state index contributed by atoms with van der Waals surface area (Å²) in [6.07, 6.45) is 11.8. The molecule has 17 heteroatoms. The number of hydrogen-bond donors (Lipinski definition) is 0. The summed E-state index contributed by atoms with van der Waals surface area (Å²) in [5.74, 6) is 0. The van der Waals surface area contributed by atoms with E-state index >= 15 is 0 Å². The molecule has 0 amide bonds. The van der Waals surface area contributed by atoms with Crippen molar-refractivity contribution in [2.75, 3.05) is 0 Å². The van der Waals surface area contributed by atoms with E-state index in [1.165, 1.54) is 103 Å². The molecule has 0 N–H and O–H groups in total. The number of aryl methyl sites for hydroxylation is 2. The van der Waals surface area contributed by atoms with Crippen LogP contribution in [0.5, 0.6) is 0 Å².